The van der Waals surface area contributed by atoms with E-state index >= 15 is 0 Å². The van der Waals surface area contributed by atoms with Gasteiger partial charge in [0.25, 0.3) is 0 Å². The molecule has 0 spiro atoms. The second-order valence-electron chi connectivity index (χ2n) is 6.35. The second-order valence-corrected chi connectivity index (χ2v) is 10.1. The van der Waals surface area contributed by atoms with Crippen molar-refractivity contribution in [2.45, 2.75) is 19.9 Å². The van der Waals surface area contributed by atoms with Gasteiger partial charge in [0.15, 0.2) is 5.82 Å². The molecule has 140 valence electrons. The van der Waals surface area contributed by atoms with Crippen molar-refractivity contribution in [1.29, 1.82) is 5.26 Å². The zero-order chi connectivity index (χ0) is 18.9. The van der Waals surface area contributed by atoms with Gasteiger partial charge in [-0.05, 0) is 30.9 Å². The first-order valence-corrected chi connectivity index (χ1v) is 11.5. The molecular weight excluding hydrogens is 381 g/mol. The van der Waals surface area contributed by atoms with Crippen LogP contribution in [0.15, 0.2) is 35.3 Å². The number of fused-ring (bicyclic) bond motifs is 1. The van der Waals surface area contributed by atoms with E-state index in [0.717, 1.165) is 35.5 Å². The van der Waals surface area contributed by atoms with Crippen LogP contribution in [0.1, 0.15) is 17.7 Å². The highest BCUT2D eigenvalue weighted by Gasteiger charge is 2.41. The third-order valence-electron chi connectivity index (χ3n) is 4.59. The van der Waals surface area contributed by atoms with Crippen LogP contribution in [0.4, 0.5) is 5.82 Å². The minimum atomic E-state index is -2.56. The van der Waals surface area contributed by atoms with E-state index in [0.29, 0.717) is 32.1 Å². The minimum Gasteiger partial charge on any atom is -0.431 e. The van der Waals surface area contributed by atoms with Crippen molar-refractivity contribution in [2.24, 2.45) is 4.99 Å². The standard InChI is InChI=1S/C18H20N5O2PS/c1-14-16-17(23(21-14)9-5-8-19)20-18(15-6-3-2-4-7-15)25-26(16,27)22-10-12-24-13-11-22/h2-4,6-7H,5,9-13H2,1H3. The van der Waals surface area contributed by atoms with Gasteiger partial charge in [-0.15, -0.1) is 0 Å². The molecule has 2 aromatic rings. The third kappa shape index (κ3) is 3.32. The van der Waals surface area contributed by atoms with Crippen molar-refractivity contribution in [3.05, 3.63) is 41.6 Å². The second kappa shape index (κ2) is 7.53. The molecule has 9 heteroatoms. The van der Waals surface area contributed by atoms with Crippen LogP contribution in [0.2, 0.25) is 0 Å². The van der Waals surface area contributed by atoms with Crippen LogP contribution in [-0.2, 0) is 27.6 Å². The third-order valence-corrected chi connectivity index (χ3v) is 8.70. The van der Waals surface area contributed by atoms with E-state index in [1.54, 1.807) is 4.68 Å². The number of aryl methyl sites for hydroxylation is 2. The van der Waals surface area contributed by atoms with Gasteiger partial charge in [-0.3, -0.25) is 0 Å². The van der Waals surface area contributed by atoms with Crippen LogP contribution in [0.5, 0.6) is 0 Å². The summed E-state index contributed by atoms with van der Waals surface area (Å²) in [7, 11) is 0. The highest BCUT2D eigenvalue weighted by molar-refractivity contribution is 8.15. The van der Waals surface area contributed by atoms with E-state index in [4.69, 9.17) is 31.3 Å². The molecule has 4 rings (SSSR count). The summed E-state index contributed by atoms with van der Waals surface area (Å²) in [6, 6.07) is 12.0. The molecule has 1 aromatic carbocycles. The van der Waals surface area contributed by atoms with Crippen molar-refractivity contribution in [3.8, 4) is 6.07 Å². The summed E-state index contributed by atoms with van der Waals surface area (Å²) in [5.74, 6) is 1.25. The Balaban J connectivity index is 1.86. The lowest BCUT2D eigenvalue weighted by molar-refractivity contribution is 0.0723. The SMILES string of the molecule is Cc1nn(CCC#N)c2c1P(=S)(N1CCOCC1)OC(c1ccccc1)=N2. The van der Waals surface area contributed by atoms with E-state index in [1.165, 1.54) is 0 Å². The Morgan fingerprint density at radius 2 is 2.00 bits per heavy atom. The number of nitriles is 1. The summed E-state index contributed by atoms with van der Waals surface area (Å²) in [5, 5.41) is 14.5. The van der Waals surface area contributed by atoms with Crippen molar-refractivity contribution >= 4 is 35.2 Å². The van der Waals surface area contributed by atoms with Crippen LogP contribution >= 0.6 is 6.42 Å². The number of morpholine rings is 1. The number of hydrogen-bond donors (Lipinski definition) is 0. The smallest absolute Gasteiger partial charge is 0.227 e. The van der Waals surface area contributed by atoms with Gasteiger partial charge in [-0.25, -0.2) is 9.35 Å². The molecule has 2 aliphatic heterocycles. The number of ether oxygens (including phenoxy) is 1. The molecule has 0 bridgehead atoms. The number of aliphatic imine (C=N–C) groups is 1. The van der Waals surface area contributed by atoms with Crippen LogP contribution in [0.25, 0.3) is 0 Å². The molecule has 27 heavy (non-hydrogen) atoms. The van der Waals surface area contributed by atoms with E-state index in [2.05, 4.69) is 15.8 Å². The lowest BCUT2D eigenvalue weighted by Gasteiger charge is -2.38. The summed E-state index contributed by atoms with van der Waals surface area (Å²) in [4.78, 5) is 4.77. The summed E-state index contributed by atoms with van der Waals surface area (Å²) in [6.07, 6.45) is -2.19. The average Bonchev–Trinajstić information content (AvgIpc) is 3.04. The van der Waals surface area contributed by atoms with Crippen molar-refractivity contribution in [2.75, 3.05) is 26.3 Å². The number of nitrogens with zero attached hydrogens (tertiary/aromatic N) is 5. The maximum Gasteiger partial charge on any atom is 0.227 e. The normalized spacial score (nSPS) is 22.4. The maximum absolute atomic E-state index is 8.99. The fourth-order valence-electron chi connectivity index (χ4n) is 3.31. The quantitative estimate of drug-likeness (QED) is 0.733. The molecule has 0 saturated carbocycles. The van der Waals surface area contributed by atoms with Crippen molar-refractivity contribution in [3.63, 3.8) is 0 Å². The molecule has 1 unspecified atom stereocenters. The summed E-state index contributed by atoms with van der Waals surface area (Å²) >= 11 is 6.18. The molecule has 0 radical (unpaired) electrons. The topological polar surface area (TPSA) is 75.7 Å². The number of hydrogen-bond acceptors (Lipinski definition) is 6. The molecule has 0 amide bonds. The van der Waals surface area contributed by atoms with E-state index in [9.17, 15) is 0 Å². The van der Waals surface area contributed by atoms with Crippen LogP contribution in [-0.4, -0.2) is 46.7 Å². The minimum absolute atomic E-state index is 0.366. The van der Waals surface area contributed by atoms with Crippen LogP contribution in [0, 0.1) is 18.3 Å². The fraction of sp³-hybridized carbons (Fsp3) is 0.389. The van der Waals surface area contributed by atoms with Crippen molar-refractivity contribution < 1.29 is 9.26 Å². The van der Waals surface area contributed by atoms with Gasteiger partial charge in [-0.2, -0.15) is 15.4 Å². The highest BCUT2D eigenvalue weighted by atomic mass is 32.4. The molecule has 0 aliphatic carbocycles. The zero-order valence-electron chi connectivity index (χ0n) is 15.0. The molecule has 7 nitrogen and oxygen atoms in total. The van der Waals surface area contributed by atoms with Gasteiger partial charge >= 0.3 is 0 Å². The van der Waals surface area contributed by atoms with Gasteiger partial charge in [0.05, 0.1) is 37.9 Å². The largest absolute Gasteiger partial charge is 0.431 e. The van der Waals surface area contributed by atoms with Gasteiger partial charge in [0.2, 0.25) is 12.3 Å². The van der Waals surface area contributed by atoms with Gasteiger partial charge < -0.3 is 9.26 Å². The average molecular weight is 401 g/mol. The van der Waals surface area contributed by atoms with E-state index in [1.807, 2.05) is 37.3 Å². The first kappa shape index (κ1) is 18.3. The number of rotatable bonds is 4. The van der Waals surface area contributed by atoms with E-state index in [-0.39, 0.29) is 0 Å². The zero-order valence-corrected chi connectivity index (χ0v) is 16.7. The molecule has 1 aromatic heterocycles. The first-order chi connectivity index (χ1) is 13.1. The molecule has 1 saturated heterocycles. The lowest BCUT2D eigenvalue weighted by Crippen LogP contribution is -2.39. The summed E-state index contributed by atoms with van der Waals surface area (Å²) < 4.78 is 16.0. The molecule has 3 heterocycles. The Bertz CT molecular complexity index is 960. The highest BCUT2D eigenvalue weighted by Crippen LogP contribution is 2.56. The molecule has 0 N–H and O–H groups in total. The molecule has 1 fully saturated rings. The summed E-state index contributed by atoms with van der Waals surface area (Å²) in [6.45, 7) is 5.14. The molecule has 2 aliphatic rings. The Labute approximate surface area is 163 Å². The lowest BCUT2D eigenvalue weighted by atomic mass is 10.2. The predicted octanol–water partition coefficient (Wildman–Crippen LogP) is 2.48. The Morgan fingerprint density at radius 1 is 1.26 bits per heavy atom. The number of benzene rings is 1. The Morgan fingerprint density at radius 3 is 2.70 bits per heavy atom. The summed E-state index contributed by atoms with van der Waals surface area (Å²) in [5.41, 5.74) is 1.71. The predicted molar refractivity (Wildman–Crippen MR) is 107 cm³/mol. The molecular formula is C18H20N5O2PS. The van der Waals surface area contributed by atoms with Crippen LogP contribution < -0.4 is 5.30 Å². The van der Waals surface area contributed by atoms with Crippen LogP contribution in [0.3, 0.4) is 0 Å². The first-order valence-electron chi connectivity index (χ1n) is 8.85. The van der Waals surface area contributed by atoms with E-state index < -0.39 is 6.42 Å². The monoisotopic (exact) mass is 401 g/mol. The Kier molecular flexibility index (Phi) is 5.11. The Hall–Kier alpha value is -2.04. The van der Waals surface area contributed by atoms with Gasteiger partial charge in [0.1, 0.15) is 5.30 Å². The van der Waals surface area contributed by atoms with Gasteiger partial charge in [0, 0.05) is 18.7 Å². The maximum atomic E-state index is 8.99. The number of aromatic nitrogens is 2. The molecule has 1 atom stereocenters. The van der Waals surface area contributed by atoms with Gasteiger partial charge in [-0.1, -0.05) is 18.2 Å². The fourth-order valence-corrected chi connectivity index (χ4v) is 7.08. The van der Waals surface area contributed by atoms with Crippen molar-refractivity contribution in [1.82, 2.24) is 14.5 Å².